The number of rotatable bonds is 5. The quantitative estimate of drug-likeness (QED) is 0.328. The number of oxime groups is 1. The van der Waals surface area contributed by atoms with Crippen LogP contribution in [0.3, 0.4) is 0 Å². The number of amidine groups is 1. The molecule has 0 amide bonds. The molecule has 0 aliphatic carbocycles. The highest BCUT2D eigenvalue weighted by Crippen LogP contribution is 2.14. The van der Waals surface area contributed by atoms with Crippen molar-refractivity contribution in [1.29, 1.82) is 0 Å². The molecular formula is C15H24N4O. The molecule has 1 saturated heterocycles. The van der Waals surface area contributed by atoms with E-state index in [0.29, 0.717) is 6.04 Å². The van der Waals surface area contributed by atoms with Gasteiger partial charge in [-0.1, -0.05) is 35.8 Å². The molecule has 5 heteroatoms. The minimum Gasteiger partial charge on any atom is -0.409 e. The molecule has 0 radical (unpaired) electrons. The zero-order valence-electron chi connectivity index (χ0n) is 12.0. The number of piperidine rings is 1. The Labute approximate surface area is 120 Å². The van der Waals surface area contributed by atoms with Gasteiger partial charge < -0.3 is 21.2 Å². The molecule has 1 unspecified atom stereocenters. The number of nitrogens with one attached hydrogen (secondary N) is 1. The van der Waals surface area contributed by atoms with Crippen LogP contribution >= 0.6 is 0 Å². The monoisotopic (exact) mass is 276 g/mol. The summed E-state index contributed by atoms with van der Waals surface area (Å²) in [7, 11) is 2.19. The van der Waals surface area contributed by atoms with Gasteiger partial charge in [-0.3, -0.25) is 0 Å². The Bertz CT molecular complexity index is 461. The maximum absolute atomic E-state index is 8.81. The van der Waals surface area contributed by atoms with Gasteiger partial charge in [0.15, 0.2) is 5.84 Å². The third-order valence-corrected chi connectivity index (χ3v) is 4.02. The molecule has 4 N–H and O–H groups in total. The smallest absolute Gasteiger partial charge is 0.170 e. The molecule has 0 spiro atoms. The van der Waals surface area contributed by atoms with Gasteiger partial charge in [0.05, 0.1) is 0 Å². The van der Waals surface area contributed by atoms with E-state index in [1.165, 1.54) is 25.8 Å². The number of nitrogens with zero attached hydrogens (tertiary/aromatic N) is 2. The molecule has 0 aromatic heterocycles. The predicted molar refractivity (Wildman–Crippen MR) is 80.9 cm³/mol. The van der Waals surface area contributed by atoms with Crippen LogP contribution in [0.2, 0.25) is 0 Å². The average molecular weight is 276 g/mol. The van der Waals surface area contributed by atoms with Crippen molar-refractivity contribution in [2.45, 2.75) is 31.8 Å². The van der Waals surface area contributed by atoms with Crippen LogP contribution in [0.5, 0.6) is 0 Å². The summed E-state index contributed by atoms with van der Waals surface area (Å²) >= 11 is 0. The third-order valence-electron chi connectivity index (χ3n) is 4.02. The Morgan fingerprint density at radius 1 is 1.45 bits per heavy atom. The van der Waals surface area contributed by atoms with E-state index in [-0.39, 0.29) is 5.84 Å². The van der Waals surface area contributed by atoms with Crippen molar-refractivity contribution in [1.82, 2.24) is 10.2 Å². The molecule has 1 fully saturated rings. The summed E-state index contributed by atoms with van der Waals surface area (Å²) in [5, 5.41) is 15.4. The zero-order valence-corrected chi connectivity index (χ0v) is 12.0. The number of likely N-dealkylation sites (N-methyl/N-ethyl adjacent to an activating group) is 1. The summed E-state index contributed by atoms with van der Waals surface area (Å²) in [4.78, 5) is 2.42. The summed E-state index contributed by atoms with van der Waals surface area (Å²) in [6, 6.07) is 8.35. The summed E-state index contributed by atoms with van der Waals surface area (Å²) in [6.45, 7) is 2.89. The molecular weight excluding hydrogens is 252 g/mol. The second-order valence-corrected chi connectivity index (χ2v) is 5.40. The van der Waals surface area contributed by atoms with E-state index >= 15 is 0 Å². The van der Waals surface area contributed by atoms with Gasteiger partial charge in [-0.2, -0.15) is 0 Å². The molecule has 5 nitrogen and oxygen atoms in total. The van der Waals surface area contributed by atoms with Crippen molar-refractivity contribution in [3.8, 4) is 0 Å². The van der Waals surface area contributed by atoms with Gasteiger partial charge in [-0.15, -0.1) is 0 Å². The van der Waals surface area contributed by atoms with Crippen LogP contribution < -0.4 is 11.1 Å². The van der Waals surface area contributed by atoms with Gasteiger partial charge >= 0.3 is 0 Å². The topological polar surface area (TPSA) is 73.9 Å². The molecule has 1 aliphatic rings. The van der Waals surface area contributed by atoms with E-state index in [0.717, 1.165) is 24.2 Å². The largest absolute Gasteiger partial charge is 0.409 e. The van der Waals surface area contributed by atoms with Crippen molar-refractivity contribution in [3.63, 3.8) is 0 Å². The lowest BCUT2D eigenvalue weighted by molar-refractivity contribution is 0.181. The number of hydrogen-bond donors (Lipinski definition) is 3. The van der Waals surface area contributed by atoms with Gasteiger partial charge in [0.1, 0.15) is 0 Å². The van der Waals surface area contributed by atoms with E-state index in [4.69, 9.17) is 10.9 Å². The van der Waals surface area contributed by atoms with Crippen LogP contribution in [0.25, 0.3) is 0 Å². The fourth-order valence-corrected chi connectivity index (χ4v) is 2.75. The molecule has 20 heavy (non-hydrogen) atoms. The normalized spacial score (nSPS) is 21.1. The molecule has 1 atom stereocenters. The molecule has 2 rings (SSSR count). The number of benzene rings is 1. The van der Waals surface area contributed by atoms with Crippen LogP contribution in [-0.2, 0) is 6.54 Å². The molecule has 1 aromatic carbocycles. The SMILES string of the molecule is CN1CCCCC1CNCc1ccccc1C(N)=NO. The molecule has 0 saturated carbocycles. The van der Waals surface area contributed by atoms with Crippen molar-refractivity contribution < 1.29 is 5.21 Å². The Hall–Kier alpha value is -1.59. The highest BCUT2D eigenvalue weighted by molar-refractivity contribution is 5.98. The highest BCUT2D eigenvalue weighted by Gasteiger charge is 2.18. The summed E-state index contributed by atoms with van der Waals surface area (Å²) in [5.41, 5.74) is 7.54. The third kappa shape index (κ3) is 3.71. The summed E-state index contributed by atoms with van der Waals surface area (Å²) < 4.78 is 0. The first-order chi connectivity index (χ1) is 9.72. The van der Waals surface area contributed by atoms with E-state index in [2.05, 4.69) is 22.4 Å². The molecule has 1 heterocycles. The fraction of sp³-hybridized carbons (Fsp3) is 0.533. The van der Waals surface area contributed by atoms with Crippen molar-refractivity contribution in [2.24, 2.45) is 10.9 Å². The lowest BCUT2D eigenvalue weighted by atomic mass is 10.0. The Morgan fingerprint density at radius 3 is 3.00 bits per heavy atom. The molecule has 1 aromatic rings. The average Bonchev–Trinajstić information content (AvgIpc) is 2.49. The van der Waals surface area contributed by atoms with Gasteiger partial charge in [-0.05, 0) is 32.0 Å². The first kappa shape index (κ1) is 14.8. The van der Waals surface area contributed by atoms with Gasteiger partial charge in [0.2, 0.25) is 0 Å². The first-order valence-corrected chi connectivity index (χ1v) is 7.19. The second-order valence-electron chi connectivity index (χ2n) is 5.40. The minimum atomic E-state index is 0.164. The Kier molecular flexibility index (Phi) is 5.38. The fourth-order valence-electron chi connectivity index (χ4n) is 2.75. The Morgan fingerprint density at radius 2 is 2.25 bits per heavy atom. The summed E-state index contributed by atoms with van der Waals surface area (Å²) in [6.07, 6.45) is 3.88. The van der Waals surface area contributed by atoms with E-state index < -0.39 is 0 Å². The summed E-state index contributed by atoms with van der Waals surface area (Å²) in [5.74, 6) is 0.164. The van der Waals surface area contributed by atoms with Crippen molar-refractivity contribution in [2.75, 3.05) is 20.1 Å². The first-order valence-electron chi connectivity index (χ1n) is 7.19. The molecule has 1 aliphatic heterocycles. The standard InChI is InChI=1S/C15H24N4O/c1-19-9-5-4-7-13(19)11-17-10-12-6-2-3-8-14(12)15(16)18-20/h2-3,6,8,13,17,20H,4-5,7,9-11H2,1H3,(H2,16,18). The number of hydrogen-bond acceptors (Lipinski definition) is 4. The molecule has 110 valence electrons. The van der Waals surface area contributed by atoms with Crippen LogP contribution in [0, 0.1) is 0 Å². The van der Waals surface area contributed by atoms with Gasteiger partial charge in [0, 0.05) is 24.7 Å². The predicted octanol–water partition coefficient (Wildman–Crippen LogP) is 1.35. The second kappa shape index (κ2) is 7.26. The van der Waals surface area contributed by atoms with Crippen LogP contribution in [-0.4, -0.2) is 42.1 Å². The number of nitrogens with two attached hydrogens (primary N) is 1. The van der Waals surface area contributed by atoms with Crippen molar-refractivity contribution in [3.05, 3.63) is 35.4 Å². The van der Waals surface area contributed by atoms with Crippen molar-refractivity contribution >= 4 is 5.84 Å². The van der Waals surface area contributed by atoms with Crippen LogP contribution in [0.1, 0.15) is 30.4 Å². The lowest BCUT2D eigenvalue weighted by Crippen LogP contribution is -2.43. The van der Waals surface area contributed by atoms with Gasteiger partial charge in [0.25, 0.3) is 0 Å². The zero-order chi connectivity index (χ0) is 14.4. The van der Waals surface area contributed by atoms with Gasteiger partial charge in [-0.25, -0.2) is 0 Å². The number of likely N-dealkylation sites (tertiary alicyclic amines) is 1. The minimum absolute atomic E-state index is 0.164. The van der Waals surface area contributed by atoms with E-state index in [1.54, 1.807) is 0 Å². The lowest BCUT2D eigenvalue weighted by Gasteiger charge is -2.32. The van der Waals surface area contributed by atoms with Crippen LogP contribution in [0.4, 0.5) is 0 Å². The van der Waals surface area contributed by atoms with Crippen LogP contribution in [0.15, 0.2) is 29.4 Å². The molecule has 0 bridgehead atoms. The van der Waals surface area contributed by atoms with E-state index in [9.17, 15) is 0 Å². The maximum Gasteiger partial charge on any atom is 0.170 e. The Balaban J connectivity index is 1.91. The highest BCUT2D eigenvalue weighted by atomic mass is 16.4. The van der Waals surface area contributed by atoms with E-state index in [1.807, 2.05) is 24.3 Å². The maximum atomic E-state index is 8.81.